The zero-order valence-corrected chi connectivity index (χ0v) is 10.4. The third-order valence-corrected chi connectivity index (χ3v) is 4.08. The van der Waals surface area contributed by atoms with Crippen LogP contribution in [-0.2, 0) is 4.74 Å². The Morgan fingerprint density at radius 3 is 2.81 bits per heavy atom. The first-order valence-corrected chi connectivity index (χ1v) is 6.21. The van der Waals surface area contributed by atoms with Gasteiger partial charge in [0.1, 0.15) is 0 Å². The van der Waals surface area contributed by atoms with E-state index in [1.54, 1.807) is 0 Å². The van der Waals surface area contributed by atoms with Crippen LogP contribution in [0, 0.1) is 0 Å². The lowest BCUT2D eigenvalue weighted by molar-refractivity contribution is -0.0718. The summed E-state index contributed by atoms with van der Waals surface area (Å²) in [5.41, 5.74) is 5.89. The summed E-state index contributed by atoms with van der Waals surface area (Å²) in [7, 11) is 0. The summed E-state index contributed by atoms with van der Waals surface area (Å²) in [6, 6.07) is 0.510. The first-order chi connectivity index (χ1) is 7.47. The van der Waals surface area contributed by atoms with Gasteiger partial charge in [-0.25, -0.2) is 0 Å². The van der Waals surface area contributed by atoms with Crippen LogP contribution in [0.3, 0.4) is 0 Å². The van der Waals surface area contributed by atoms with Crippen LogP contribution < -0.4 is 5.73 Å². The van der Waals surface area contributed by atoms with Gasteiger partial charge in [0.25, 0.3) is 0 Å². The zero-order valence-electron chi connectivity index (χ0n) is 10.4. The minimum Gasteiger partial charge on any atom is -0.394 e. The smallest absolute Gasteiger partial charge is 0.0645 e. The van der Waals surface area contributed by atoms with Crippen LogP contribution in [-0.4, -0.2) is 53.5 Å². The molecular weight excluding hydrogens is 204 g/mol. The predicted molar refractivity (Wildman–Crippen MR) is 63.2 cm³/mol. The van der Waals surface area contributed by atoms with Gasteiger partial charge in [0.2, 0.25) is 0 Å². The lowest BCUT2D eigenvalue weighted by atomic mass is 9.96. The van der Waals surface area contributed by atoms with E-state index in [1.807, 2.05) is 0 Å². The van der Waals surface area contributed by atoms with E-state index in [9.17, 15) is 5.11 Å². The number of aliphatic hydroxyl groups is 1. The van der Waals surface area contributed by atoms with Crippen LogP contribution >= 0.6 is 0 Å². The highest BCUT2D eigenvalue weighted by Crippen LogP contribution is 2.35. The minimum atomic E-state index is -0.348. The van der Waals surface area contributed by atoms with Crippen molar-refractivity contribution in [3.05, 3.63) is 0 Å². The van der Waals surface area contributed by atoms with Gasteiger partial charge in [-0.15, -0.1) is 0 Å². The summed E-state index contributed by atoms with van der Waals surface area (Å²) in [5.74, 6) is 0. The van der Waals surface area contributed by atoms with Gasteiger partial charge >= 0.3 is 0 Å². The van der Waals surface area contributed by atoms with Crippen LogP contribution in [0.5, 0.6) is 0 Å². The van der Waals surface area contributed by atoms with Gasteiger partial charge in [0.15, 0.2) is 0 Å². The molecule has 2 fully saturated rings. The Bertz CT molecular complexity index is 257. The lowest BCUT2D eigenvalue weighted by Crippen LogP contribution is -2.57. The third-order valence-electron chi connectivity index (χ3n) is 4.08. The maximum atomic E-state index is 9.30. The molecule has 1 saturated heterocycles. The fourth-order valence-electron chi connectivity index (χ4n) is 3.08. The number of aliphatic hydroxyl groups excluding tert-OH is 1. The lowest BCUT2D eigenvalue weighted by Gasteiger charge is -2.46. The molecule has 0 aromatic rings. The van der Waals surface area contributed by atoms with E-state index in [-0.39, 0.29) is 17.7 Å². The SMILES string of the molecule is CC1(C)COCCN1C1CCC(N)(CO)C1. The predicted octanol–water partition coefficient (Wildman–Crippen LogP) is 0.340. The van der Waals surface area contributed by atoms with Gasteiger partial charge in [0.05, 0.1) is 19.8 Å². The molecule has 2 aliphatic rings. The molecule has 94 valence electrons. The highest BCUT2D eigenvalue weighted by atomic mass is 16.5. The molecule has 16 heavy (non-hydrogen) atoms. The van der Waals surface area contributed by atoms with Crippen molar-refractivity contribution in [3.63, 3.8) is 0 Å². The Labute approximate surface area is 97.7 Å². The Morgan fingerprint density at radius 1 is 1.50 bits per heavy atom. The Kier molecular flexibility index (Phi) is 3.27. The largest absolute Gasteiger partial charge is 0.394 e. The van der Waals surface area contributed by atoms with Crippen molar-refractivity contribution in [2.75, 3.05) is 26.4 Å². The topological polar surface area (TPSA) is 58.7 Å². The van der Waals surface area contributed by atoms with E-state index in [2.05, 4.69) is 18.7 Å². The van der Waals surface area contributed by atoms with E-state index in [4.69, 9.17) is 10.5 Å². The van der Waals surface area contributed by atoms with Crippen molar-refractivity contribution in [1.82, 2.24) is 4.90 Å². The Morgan fingerprint density at radius 2 is 2.25 bits per heavy atom. The molecule has 0 aromatic heterocycles. The maximum Gasteiger partial charge on any atom is 0.0645 e. The minimum absolute atomic E-state index is 0.101. The van der Waals surface area contributed by atoms with E-state index >= 15 is 0 Å². The van der Waals surface area contributed by atoms with Crippen molar-refractivity contribution in [1.29, 1.82) is 0 Å². The van der Waals surface area contributed by atoms with Crippen LogP contribution in [0.25, 0.3) is 0 Å². The van der Waals surface area contributed by atoms with Gasteiger partial charge in [-0.1, -0.05) is 0 Å². The second-order valence-electron chi connectivity index (χ2n) is 5.98. The first-order valence-electron chi connectivity index (χ1n) is 6.21. The molecule has 0 bridgehead atoms. The number of morpholine rings is 1. The quantitative estimate of drug-likeness (QED) is 0.715. The molecule has 0 spiro atoms. The molecule has 0 amide bonds. The van der Waals surface area contributed by atoms with Crippen molar-refractivity contribution in [2.45, 2.75) is 50.2 Å². The normalized spacial score (nSPS) is 40.1. The average Bonchev–Trinajstić information content (AvgIpc) is 2.61. The molecule has 2 atom stereocenters. The van der Waals surface area contributed by atoms with Crippen LogP contribution in [0.1, 0.15) is 33.1 Å². The summed E-state index contributed by atoms with van der Waals surface area (Å²) in [5, 5.41) is 9.30. The molecular formula is C12H24N2O2. The summed E-state index contributed by atoms with van der Waals surface area (Å²) in [4.78, 5) is 2.51. The number of hydrogen-bond donors (Lipinski definition) is 2. The van der Waals surface area contributed by atoms with Crippen molar-refractivity contribution in [3.8, 4) is 0 Å². The summed E-state index contributed by atoms with van der Waals surface area (Å²) >= 11 is 0. The molecule has 1 aliphatic carbocycles. The number of ether oxygens (including phenoxy) is 1. The van der Waals surface area contributed by atoms with Gasteiger partial charge in [-0.3, -0.25) is 4.90 Å². The van der Waals surface area contributed by atoms with Gasteiger partial charge < -0.3 is 15.6 Å². The second-order valence-corrected chi connectivity index (χ2v) is 5.98. The fourth-order valence-corrected chi connectivity index (χ4v) is 3.08. The third kappa shape index (κ3) is 2.25. The van der Waals surface area contributed by atoms with Crippen LogP contribution in [0.4, 0.5) is 0 Å². The molecule has 1 heterocycles. The highest BCUT2D eigenvalue weighted by molar-refractivity contribution is 5.00. The van der Waals surface area contributed by atoms with Crippen LogP contribution in [0.2, 0.25) is 0 Å². The molecule has 1 aliphatic heterocycles. The van der Waals surface area contributed by atoms with E-state index in [1.165, 1.54) is 0 Å². The monoisotopic (exact) mass is 228 g/mol. The fraction of sp³-hybridized carbons (Fsp3) is 1.00. The van der Waals surface area contributed by atoms with Crippen LogP contribution in [0.15, 0.2) is 0 Å². The number of nitrogens with two attached hydrogens (primary N) is 1. The highest BCUT2D eigenvalue weighted by Gasteiger charge is 2.43. The molecule has 0 radical (unpaired) electrons. The van der Waals surface area contributed by atoms with E-state index in [0.717, 1.165) is 39.0 Å². The molecule has 0 aromatic carbocycles. The number of hydrogen-bond acceptors (Lipinski definition) is 4. The molecule has 2 rings (SSSR count). The van der Waals surface area contributed by atoms with Gasteiger partial charge in [-0.05, 0) is 33.1 Å². The summed E-state index contributed by atoms with van der Waals surface area (Å²) < 4.78 is 5.53. The van der Waals surface area contributed by atoms with E-state index in [0.29, 0.717) is 6.04 Å². The molecule has 2 unspecified atom stereocenters. The molecule has 4 nitrogen and oxygen atoms in total. The summed E-state index contributed by atoms with van der Waals surface area (Å²) in [6.07, 6.45) is 2.94. The number of nitrogens with zero attached hydrogens (tertiary/aromatic N) is 1. The maximum absolute atomic E-state index is 9.30. The summed E-state index contributed by atoms with van der Waals surface area (Å²) in [6.45, 7) is 7.15. The van der Waals surface area contributed by atoms with Crippen molar-refractivity contribution < 1.29 is 9.84 Å². The second kappa shape index (κ2) is 4.26. The van der Waals surface area contributed by atoms with Crippen molar-refractivity contribution in [2.24, 2.45) is 5.73 Å². The number of rotatable bonds is 2. The standard InChI is InChI=1S/C12H24N2O2/c1-11(2)9-16-6-5-14(11)10-3-4-12(13,7-10)8-15/h10,15H,3-9,13H2,1-2H3. The molecule has 1 saturated carbocycles. The molecule has 4 heteroatoms. The Hall–Kier alpha value is -0.160. The zero-order chi connectivity index (χ0) is 11.8. The van der Waals surface area contributed by atoms with Crippen molar-refractivity contribution >= 4 is 0 Å². The first kappa shape index (κ1) is 12.3. The Balaban J connectivity index is 2.03. The van der Waals surface area contributed by atoms with E-state index < -0.39 is 0 Å². The van der Waals surface area contributed by atoms with Gasteiger partial charge in [-0.2, -0.15) is 0 Å². The molecule has 3 N–H and O–H groups in total. The van der Waals surface area contributed by atoms with Gasteiger partial charge in [0, 0.05) is 23.7 Å². The average molecular weight is 228 g/mol.